The van der Waals surface area contributed by atoms with Crippen molar-refractivity contribution in [3.63, 3.8) is 0 Å². The quantitative estimate of drug-likeness (QED) is 0.889. The van der Waals surface area contributed by atoms with E-state index in [-0.39, 0.29) is 6.54 Å². The number of aryl methyl sites for hydroxylation is 2. The fourth-order valence-corrected chi connectivity index (χ4v) is 2.72. The van der Waals surface area contributed by atoms with Crippen molar-refractivity contribution in [1.29, 1.82) is 0 Å². The minimum atomic E-state index is -0.547. The predicted octanol–water partition coefficient (Wildman–Crippen LogP) is 1.64. The number of nitrogens with zero attached hydrogens (tertiary/aromatic N) is 2. The molecule has 0 radical (unpaired) electrons. The molecule has 0 saturated heterocycles. The van der Waals surface area contributed by atoms with Crippen LogP contribution in [0.4, 0.5) is 11.4 Å². The highest BCUT2D eigenvalue weighted by atomic mass is 16.3. The number of hydrogen-bond acceptors (Lipinski definition) is 4. The summed E-state index contributed by atoms with van der Waals surface area (Å²) in [5, 5.41) is 9.97. The number of β-amino-alcohol motifs (C(OH)–C–C–N with tert-alkyl or cyclic N) is 1. The first-order valence-corrected chi connectivity index (χ1v) is 6.97. The van der Waals surface area contributed by atoms with E-state index in [0.717, 1.165) is 29.9 Å². The van der Waals surface area contributed by atoms with Gasteiger partial charge in [-0.3, -0.25) is 4.98 Å². The van der Waals surface area contributed by atoms with Gasteiger partial charge in [-0.25, -0.2) is 0 Å². The zero-order valence-corrected chi connectivity index (χ0v) is 11.4. The zero-order chi connectivity index (χ0) is 13.9. The summed E-state index contributed by atoms with van der Waals surface area (Å²) < 4.78 is 0. The molecule has 0 aliphatic carbocycles. The third kappa shape index (κ3) is 2.40. The molecule has 0 bridgehead atoms. The minimum Gasteiger partial charge on any atom is -0.390 e. The van der Waals surface area contributed by atoms with E-state index in [2.05, 4.69) is 34.1 Å². The number of para-hydroxylation sites is 1. The van der Waals surface area contributed by atoms with Gasteiger partial charge in [0.2, 0.25) is 0 Å². The van der Waals surface area contributed by atoms with Crippen molar-refractivity contribution < 1.29 is 5.11 Å². The third-order valence-electron chi connectivity index (χ3n) is 3.74. The Morgan fingerprint density at radius 2 is 1.95 bits per heavy atom. The van der Waals surface area contributed by atoms with Gasteiger partial charge in [-0.15, -0.1) is 0 Å². The lowest BCUT2D eigenvalue weighted by Crippen LogP contribution is -2.34. The minimum absolute atomic E-state index is 0.258. The molecule has 3 N–H and O–H groups in total. The second kappa shape index (κ2) is 5.61. The Bertz CT molecular complexity index is 552. The van der Waals surface area contributed by atoms with Crippen LogP contribution in [0.25, 0.3) is 0 Å². The Morgan fingerprint density at radius 1 is 1.15 bits per heavy atom. The molecule has 3 rings (SSSR count). The van der Waals surface area contributed by atoms with Crippen LogP contribution in [0.2, 0.25) is 0 Å². The fourth-order valence-electron chi connectivity index (χ4n) is 2.72. The molecule has 0 spiro atoms. The Hall–Kier alpha value is -1.91. The number of fused-ring (bicyclic) bond motifs is 2. The third-order valence-corrected chi connectivity index (χ3v) is 3.74. The summed E-state index contributed by atoms with van der Waals surface area (Å²) in [6.45, 7) is 0.750. The summed E-state index contributed by atoms with van der Waals surface area (Å²) in [4.78, 5) is 6.63. The summed E-state index contributed by atoms with van der Waals surface area (Å²) in [6.07, 6.45) is 3.17. The summed E-state index contributed by atoms with van der Waals surface area (Å²) in [5.74, 6) is 0. The maximum Gasteiger partial charge on any atom is 0.0841 e. The van der Waals surface area contributed by atoms with Gasteiger partial charge in [0.25, 0.3) is 0 Å². The van der Waals surface area contributed by atoms with Gasteiger partial charge in [0.1, 0.15) is 0 Å². The number of benzene rings is 1. The maximum atomic E-state index is 9.97. The van der Waals surface area contributed by atoms with E-state index >= 15 is 0 Å². The number of pyridine rings is 1. The van der Waals surface area contributed by atoms with Crippen molar-refractivity contribution in [1.82, 2.24) is 4.98 Å². The van der Waals surface area contributed by atoms with Crippen molar-refractivity contribution in [2.75, 3.05) is 18.0 Å². The van der Waals surface area contributed by atoms with Gasteiger partial charge in [0.15, 0.2) is 0 Å². The molecule has 1 aromatic carbocycles. The number of hydrogen-bond donors (Lipinski definition) is 2. The van der Waals surface area contributed by atoms with E-state index in [1.807, 2.05) is 18.3 Å². The van der Waals surface area contributed by atoms with Crippen molar-refractivity contribution >= 4 is 11.4 Å². The number of aliphatic hydroxyl groups is 1. The van der Waals surface area contributed by atoms with E-state index in [4.69, 9.17) is 5.73 Å². The molecule has 0 amide bonds. The van der Waals surface area contributed by atoms with Gasteiger partial charge in [0.05, 0.1) is 24.0 Å². The number of rotatable bonds is 3. The molecule has 2 aromatic rings. The Labute approximate surface area is 118 Å². The second-order valence-electron chi connectivity index (χ2n) is 5.10. The lowest BCUT2D eigenvalue weighted by atomic mass is 10.1. The van der Waals surface area contributed by atoms with Gasteiger partial charge in [-0.2, -0.15) is 0 Å². The van der Waals surface area contributed by atoms with Crippen molar-refractivity contribution in [3.8, 4) is 0 Å². The molecule has 1 aliphatic heterocycles. The molecule has 4 nitrogen and oxygen atoms in total. The highest BCUT2D eigenvalue weighted by Crippen LogP contribution is 2.34. The summed E-state index contributed by atoms with van der Waals surface area (Å²) >= 11 is 0. The number of anilines is 2. The van der Waals surface area contributed by atoms with Gasteiger partial charge in [-0.05, 0) is 36.6 Å². The Morgan fingerprint density at radius 3 is 2.80 bits per heavy atom. The van der Waals surface area contributed by atoms with Crippen molar-refractivity contribution in [2.45, 2.75) is 18.9 Å². The molecule has 2 heterocycles. The topological polar surface area (TPSA) is 62.4 Å². The SMILES string of the molecule is NC[C@H](O)CN1c2ccccc2CCc2ncccc21. The van der Waals surface area contributed by atoms with E-state index < -0.39 is 6.10 Å². The van der Waals surface area contributed by atoms with Crippen LogP contribution < -0.4 is 10.6 Å². The smallest absolute Gasteiger partial charge is 0.0841 e. The lowest BCUT2D eigenvalue weighted by Gasteiger charge is -2.28. The van der Waals surface area contributed by atoms with Crippen LogP contribution in [0.15, 0.2) is 42.6 Å². The van der Waals surface area contributed by atoms with Gasteiger partial charge >= 0.3 is 0 Å². The molecule has 1 aromatic heterocycles. The van der Waals surface area contributed by atoms with Crippen LogP contribution >= 0.6 is 0 Å². The van der Waals surface area contributed by atoms with E-state index in [1.165, 1.54) is 5.56 Å². The molecule has 1 aliphatic rings. The molecule has 1 atom stereocenters. The average Bonchev–Trinajstić information content (AvgIpc) is 2.65. The summed E-state index contributed by atoms with van der Waals surface area (Å²) in [7, 11) is 0. The van der Waals surface area contributed by atoms with E-state index in [1.54, 1.807) is 0 Å². The molecular weight excluding hydrogens is 250 g/mol. The van der Waals surface area contributed by atoms with Crippen LogP contribution in [-0.2, 0) is 12.8 Å². The number of aliphatic hydroxyl groups excluding tert-OH is 1. The van der Waals surface area contributed by atoms with Crippen molar-refractivity contribution in [2.24, 2.45) is 5.73 Å². The van der Waals surface area contributed by atoms with Crippen LogP contribution in [0.1, 0.15) is 11.3 Å². The number of nitrogens with two attached hydrogens (primary N) is 1. The zero-order valence-electron chi connectivity index (χ0n) is 11.4. The highest BCUT2D eigenvalue weighted by Gasteiger charge is 2.22. The average molecular weight is 269 g/mol. The predicted molar refractivity (Wildman–Crippen MR) is 80.2 cm³/mol. The van der Waals surface area contributed by atoms with E-state index in [0.29, 0.717) is 6.54 Å². The van der Waals surface area contributed by atoms with Crippen LogP contribution in [-0.4, -0.2) is 29.3 Å². The fraction of sp³-hybridized carbons (Fsp3) is 0.312. The molecule has 4 heteroatoms. The van der Waals surface area contributed by atoms with Gasteiger partial charge < -0.3 is 15.7 Å². The maximum absolute atomic E-state index is 9.97. The monoisotopic (exact) mass is 269 g/mol. The highest BCUT2D eigenvalue weighted by molar-refractivity contribution is 5.70. The first kappa shape index (κ1) is 13.1. The standard InChI is InChI=1S/C16H19N3O/c17-10-13(20)11-19-15-5-2-1-4-12(15)7-8-14-16(19)6-3-9-18-14/h1-6,9,13,20H,7-8,10-11,17H2/t13-/m0/s1. The summed E-state index contributed by atoms with van der Waals surface area (Å²) in [5.41, 5.74) is 10.2. The molecule has 0 fully saturated rings. The lowest BCUT2D eigenvalue weighted by molar-refractivity contribution is 0.191. The van der Waals surface area contributed by atoms with Crippen LogP contribution in [0.5, 0.6) is 0 Å². The molecule has 0 saturated carbocycles. The first-order valence-electron chi connectivity index (χ1n) is 6.97. The van der Waals surface area contributed by atoms with Crippen LogP contribution in [0, 0.1) is 0 Å². The van der Waals surface area contributed by atoms with E-state index in [9.17, 15) is 5.11 Å². The molecule has 104 valence electrons. The Balaban J connectivity index is 2.09. The Kier molecular flexibility index (Phi) is 3.67. The molecule has 20 heavy (non-hydrogen) atoms. The van der Waals surface area contributed by atoms with Crippen molar-refractivity contribution in [3.05, 3.63) is 53.9 Å². The second-order valence-corrected chi connectivity index (χ2v) is 5.10. The molecular formula is C16H19N3O. The molecule has 0 unspecified atom stereocenters. The van der Waals surface area contributed by atoms with Crippen LogP contribution in [0.3, 0.4) is 0 Å². The van der Waals surface area contributed by atoms with Gasteiger partial charge in [-0.1, -0.05) is 18.2 Å². The number of aromatic nitrogens is 1. The summed E-state index contributed by atoms with van der Waals surface area (Å²) in [6, 6.07) is 12.3. The van der Waals surface area contributed by atoms with Gasteiger partial charge in [0, 0.05) is 18.4 Å². The first-order chi connectivity index (χ1) is 9.79. The largest absolute Gasteiger partial charge is 0.390 e. The normalized spacial score (nSPS) is 15.2.